The molecule has 2 saturated heterocycles. The van der Waals surface area contributed by atoms with E-state index in [0.717, 1.165) is 19.1 Å². The Morgan fingerprint density at radius 2 is 2.25 bits per heavy atom. The average molecular weight is 249 g/mol. The molecule has 0 aromatic carbocycles. The first-order chi connectivity index (χ1) is 7.25. The zero-order chi connectivity index (χ0) is 10.7. The molecular formula is C12H25ClN2O. The van der Waals surface area contributed by atoms with Gasteiger partial charge in [-0.15, -0.1) is 12.4 Å². The Morgan fingerprint density at radius 3 is 2.88 bits per heavy atom. The molecule has 0 saturated carbocycles. The molecule has 3 nitrogen and oxygen atoms in total. The summed E-state index contributed by atoms with van der Waals surface area (Å²) in [6.07, 6.45) is 3.88. The summed E-state index contributed by atoms with van der Waals surface area (Å²) in [5, 5.41) is 0. The van der Waals surface area contributed by atoms with Gasteiger partial charge in [0.1, 0.15) is 0 Å². The first kappa shape index (κ1) is 14.2. The van der Waals surface area contributed by atoms with Gasteiger partial charge >= 0.3 is 0 Å². The fraction of sp³-hybridized carbons (Fsp3) is 1.00. The minimum atomic E-state index is 0. The summed E-state index contributed by atoms with van der Waals surface area (Å²) in [4.78, 5) is 2.59. The summed E-state index contributed by atoms with van der Waals surface area (Å²) in [6, 6.07) is 0.354. The van der Waals surface area contributed by atoms with Crippen molar-refractivity contribution < 1.29 is 4.74 Å². The maximum Gasteiger partial charge on any atom is 0.0507 e. The van der Waals surface area contributed by atoms with E-state index in [9.17, 15) is 0 Å². The van der Waals surface area contributed by atoms with Crippen molar-refractivity contribution in [2.45, 2.75) is 32.2 Å². The van der Waals surface area contributed by atoms with Crippen LogP contribution in [-0.2, 0) is 4.74 Å². The molecule has 4 heteroatoms. The van der Waals surface area contributed by atoms with Gasteiger partial charge in [0.15, 0.2) is 0 Å². The van der Waals surface area contributed by atoms with Gasteiger partial charge in [-0.25, -0.2) is 0 Å². The predicted molar refractivity (Wildman–Crippen MR) is 69.0 cm³/mol. The molecule has 3 atom stereocenters. The van der Waals surface area contributed by atoms with Gasteiger partial charge in [-0.2, -0.15) is 0 Å². The normalized spacial score (nSPS) is 33.4. The van der Waals surface area contributed by atoms with Gasteiger partial charge in [-0.1, -0.05) is 0 Å². The van der Waals surface area contributed by atoms with Crippen LogP contribution in [0, 0.1) is 11.8 Å². The average Bonchev–Trinajstić information content (AvgIpc) is 2.71. The van der Waals surface area contributed by atoms with Gasteiger partial charge in [0.05, 0.1) is 6.61 Å². The molecule has 0 aromatic rings. The highest BCUT2D eigenvalue weighted by Gasteiger charge is 2.25. The van der Waals surface area contributed by atoms with Crippen LogP contribution in [-0.4, -0.2) is 43.8 Å². The lowest BCUT2D eigenvalue weighted by Crippen LogP contribution is -2.44. The van der Waals surface area contributed by atoms with Crippen molar-refractivity contribution in [3.8, 4) is 0 Å². The van der Waals surface area contributed by atoms with Gasteiger partial charge < -0.3 is 15.4 Å². The summed E-state index contributed by atoms with van der Waals surface area (Å²) in [7, 11) is 0. The number of hydrogen-bond acceptors (Lipinski definition) is 3. The Kier molecular flexibility index (Phi) is 6.05. The number of ether oxygens (including phenoxy) is 1. The van der Waals surface area contributed by atoms with Crippen LogP contribution in [0.15, 0.2) is 0 Å². The Hall–Kier alpha value is 0.170. The minimum absolute atomic E-state index is 0. The van der Waals surface area contributed by atoms with Gasteiger partial charge in [0.25, 0.3) is 0 Å². The third kappa shape index (κ3) is 3.88. The quantitative estimate of drug-likeness (QED) is 0.823. The lowest BCUT2D eigenvalue weighted by molar-refractivity contribution is 0.127. The van der Waals surface area contributed by atoms with Crippen LogP contribution < -0.4 is 5.73 Å². The van der Waals surface area contributed by atoms with Crippen molar-refractivity contribution in [3.63, 3.8) is 0 Å². The molecule has 2 heterocycles. The Balaban J connectivity index is 0.00000128. The van der Waals surface area contributed by atoms with Crippen LogP contribution in [0.3, 0.4) is 0 Å². The Morgan fingerprint density at radius 1 is 1.44 bits per heavy atom. The highest BCUT2D eigenvalue weighted by atomic mass is 35.5. The number of nitrogens with two attached hydrogens (primary N) is 1. The van der Waals surface area contributed by atoms with Crippen molar-refractivity contribution in [2.75, 3.05) is 32.8 Å². The summed E-state index contributed by atoms with van der Waals surface area (Å²) in [6.45, 7) is 7.78. The molecule has 2 fully saturated rings. The molecule has 2 aliphatic rings. The molecule has 3 unspecified atom stereocenters. The zero-order valence-electron chi connectivity index (χ0n) is 10.2. The molecule has 0 aliphatic carbocycles. The van der Waals surface area contributed by atoms with E-state index in [0.29, 0.717) is 12.0 Å². The van der Waals surface area contributed by atoms with Crippen molar-refractivity contribution in [1.29, 1.82) is 0 Å². The van der Waals surface area contributed by atoms with E-state index in [1.807, 2.05) is 0 Å². The molecule has 0 radical (unpaired) electrons. The van der Waals surface area contributed by atoms with Gasteiger partial charge in [0.2, 0.25) is 0 Å². The van der Waals surface area contributed by atoms with Crippen LogP contribution >= 0.6 is 12.4 Å². The monoisotopic (exact) mass is 248 g/mol. The number of rotatable bonds is 3. The van der Waals surface area contributed by atoms with Crippen LogP contribution in [0.2, 0.25) is 0 Å². The van der Waals surface area contributed by atoms with Crippen molar-refractivity contribution in [2.24, 2.45) is 17.6 Å². The highest BCUT2D eigenvalue weighted by molar-refractivity contribution is 5.85. The summed E-state index contributed by atoms with van der Waals surface area (Å²) >= 11 is 0. The maximum atomic E-state index is 5.99. The second-order valence-electron chi connectivity index (χ2n) is 5.25. The predicted octanol–water partition coefficient (Wildman–Crippen LogP) is 1.50. The van der Waals surface area contributed by atoms with Crippen LogP contribution in [0.1, 0.15) is 26.2 Å². The molecular weight excluding hydrogens is 224 g/mol. The smallest absolute Gasteiger partial charge is 0.0507 e. The second-order valence-corrected chi connectivity index (χ2v) is 5.25. The number of nitrogens with zero attached hydrogens (tertiary/aromatic N) is 1. The van der Waals surface area contributed by atoms with Crippen molar-refractivity contribution in [1.82, 2.24) is 4.90 Å². The first-order valence-corrected chi connectivity index (χ1v) is 6.31. The minimum Gasteiger partial charge on any atom is -0.381 e. The molecule has 2 aliphatic heterocycles. The SMILES string of the molecule is CC(N)C1CCCN(CC2CCOC2)C1.Cl. The number of halogens is 1. The molecule has 0 bridgehead atoms. The van der Waals surface area contributed by atoms with E-state index in [1.54, 1.807) is 0 Å². The fourth-order valence-corrected chi connectivity index (χ4v) is 2.78. The van der Waals surface area contributed by atoms with Crippen LogP contribution in [0.25, 0.3) is 0 Å². The Labute approximate surface area is 105 Å². The molecule has 96 valence electrons. The van der Waals surface area contributed by atoms with Gasteiger partial charge in [-0.3, -0.25) is 0 Å². The standard InChI is InChI=1S/C12H24N2O.ClH/c1-10(13)12-3-2-5-14(8-12)7-11-4-6-15-9-11;/h10-12H,2-9,13H2,1H3;1H. The number of hydrogen-bond donors (Lipinski definition) is 1. The van der Waals surface area contributed by atoms with E-state index in [-0.39, 0.29) is 12.4 Å². The maximum absolute atomic E-state index is 5.99. The van der Waals surface area contributed by atoms with Crippen molar-refractivity contribution in [3.05, 3.63) is 0 Å². The lowest BCUT2D eigenvalue weighted by atomic mass is 9.91. The van der Waals surface area contributed by atoms with E-state index in [4.69, 9.17) is 10.5 Å². The number of piperidine rings is 1. The van der Waals surface area contributed by atoms with E-state index >= 15 is 0 Å². The third-order valence-corrected chi connectivity index (χ3v) is 3.83. The molecule has 0 spiro atoms. The van der Waals surface area contributed by atoms with E-state index in [1.165, 1.54) is 38.9 Å². The second kappa shape index (κ2) is 6.80. The van der Waals surface area contributed by atoms with Gasteiger partial charge in [0, 0.05) is 25.7 Å². The fourth-order valence-electron chi connectivity index (χ4n) is 2.78. The zero-order valence-corrected chi connectivity index (χ0v) is 11.0. The first-order valence-electron chi connectivity index (χ1n) is 6.31. The van der Waals surface area contributed by atoms with Crippen molar-refractivity contribution >= 4 is 12.4 Å². The molecule has 16 heavy (non-hydrogen) atoms. The van der Waals surface area contributed by atoms with E-state index in [2.05, 4.69) is 11.8 Å². The molecule has 2 N–H and O–H groups in total. The number of likely N-dealkylation sites (tertiary alicyclic amines) is 1. The van der Waals surface area contributed by atoms with Crippen LogP contribution in [0.5, 0.6) is 0 Å². The third-order valence-electron chi connectivity index (χ3n) is 3.83. The largest absolute Gasteiger partial charge is 0.381 e. The van der Waals surface area contributed by atoms with Crippen LogP contribution in [0.4, 0.5) is 0 Å². The highest BCUT2D eigenvalue weighted by Crippen LogP contribution is 2.21. The lowest BCUT2D eigenvalue weighted by Gasteiger charge is -2.35. The molecule has 2 rings (SSSR count). The molecule has 0 aromatic heterocycles. The van der Waals surface area contributed by atoms with Gasteiger partial charge in [-0.05, 0) is 44.6 Å². The summed E-state index contributed by atoms with van der Waals surface area (Å²) < 4.78 is 5.42. The summed E-state index contributed by atoms with van der Waals surface area (Å²) in [5.74, 6) is 1.48. The topological polar surface area (TPSA) is 38.5 Å². The Bertz CT molecular complexity index is 193. The molecule has 0 amide bonds. The van der Waals surface area contributed by atoms with E-state index < -0.39 is 0 Å². The summed E-state index contributed by atoms with van der Waals surface area (Å²) in [5.41, 5.74) is 5.99.